The summed E-state index contributed by atoms with van der Waals surface area (Å²) in [6.07, 6.45) is -4.26. The van der Waals surface area contributed by atoms with Gasteiger partial charge in [-0.05, 0) is 24.7 Å². The summed E-state index contributed by atoms with van der Waals surface area (Å²) < 4.78 is 36.8. The molecule has 0 saturated heterocycles. The second-order valence-corrected chi connectivity index (χ2v) is 3.72. The van der Waals surface area contributed by atoms with Gasteiger partial charge in [0.2, 0.25) is 0 Å². The number of nitrogens with two attached hydrogens (primary N) is 1. The third-order valence-electron chi connectivity index (χ3n) is 2.24. The Morgan fingerprint density at radius 1 is 1.19 bits per heavy atom. The van der Waals surface area contributed by atoms with E-state index in [1.165, 1.54) is 12.1 Å². The summed E-state index contributed by atoms with van der Waals surface area (Å²) in [4.78, 5) is 1.96. The number of halogens is 3. The van der Waals surface area contributed by atoms with Gasteiger partial charge in [0, 0.05) is 19.6 Å². The van der Waals surface area contributed by atoms with Crippen molar-refractivity contribution in [2.45, 2.75) is 12.7 Å². The van der Waals surface area contributed by atoms with Gasteiger partial charge in [0.1, 0.15) is 0 Å². The van der Waals surface area contributed by atoms with Crippen LogP contribution in [0.3, 0.4) is 0 Å². The molecule has 0 spiro atoms. The number of hydrogen-bond acceptors (Lipinski definition) is 2. The van der Waals surface area contributed by atoms with Gasteiger partial charge in [-0.3, -0.25) is 0 Å². The Bertz CT molecular complexity index is 319. The molecule has 0 saturated carbocycles. The van der Waals surface area contributed by atoms with Crippen molar-refractivity contribution in [3.8, 4) is 0 Å². The van der Waals surface area contributed by atoms with Crippen LogP contribution < -0.4 is 5.73 Å². The smallest absolute Gasteiger partial charge is 0.329 e. The lowest BCUT2D eigenvalue weighted by molar-refractivity contribution is -0.137. The van der Waals surface area contributed by atoms with Gasteiger partial charge in [-0.25, -0.2) is 0 Å². The summed E-state index contributed by atoms with van der Waals surface area (Å²) in [7, 11) is 1.88. The Hall–Kier alpha value is -1.07. The van der Waals surface area contributed by atoms with Crippen LogP contribution in [0.2, 0.25) is 0 Å². The molecule has 0 unspecified atom stereocenters. The Morgan fingerprint density at radius 2 is 1.75 bits per heavy atom. The SMILES string of the molecule is CN(CCN)Cc1ccc(C(F)(F)F)cc1. The van der Waals surface area contributed by atoms with Crippen LogP contribution in [0.1, 0.15) is 11.1 Å². The zero-order valence-electron chi connectivity index (χ0n) is 9.09. The van der Waals surface area contributed by atoms with Crippen molar-refractivity contribution >= 4 is 0 Å². The Labute approximate surface area is 92.9 Å². The van der Waals surface area contributed by atoms with E-state index in [-0.39, 0.29) is 0 Å². The molecule has 0 fully saturated rings. The fourth-order valence-electron chi connectivity index (χ4n) is 1.41. The fraction of sp³-hybridized carbons (Fsp3) is 0.455. The molecule has 0 aromatic heterocycles. The molecule has 0 aliphatic rings. The van der Waals surface area contributed by atoms with Crippen LogP contribution in [0.5, 0.6) is 0 Å². The highest BCUT2D eigenvalue weighted by atomic mass is 19.4. The van der Waals surface area contributed by atoms with Crippen LogP contribution in [0.15, 0.2) is 24.3 Å². The third kappa shape index (κ3) is 3.83. The number of likely N-dealkylation sites (N-methyl/N-ethyl adjacent to an activating group) is 1. The van der Waals surface area contributed by atoms with Gasteiger partial charge in [-0.2, -0.15) is 13.2 Å². The van der Waals surface area contributed by atoms with Crippen molar-refractivity contribution in [3.05, 3.63) is 35.4 Å². The first kappa shape index (κ1) is 13.0. The van der Waals surface area contributed by atoms with Crippen molar-refractivity contribution < 1.29 is 13.2 Å². The number of hydrogen-bond donors (Lipinski definition) is 1. The van der Waals surface area contributed by atoms with Crippen LogP contribution in [0.25, 0.3) is 0 Å². The van der Waals surface area contributed by atoms with Crippen LogP contribution in [-0.4, -0.2) is 25.0 Å². The maximum Gasteiger partial charge on any atom is 0.416 e. The summed E-state index contributed by atoms with van der Waals surface area (Å²) in [6, 6.07) is 5.20. The molecular weight excluding hydrogens is 217 g/mol. The zero-order valence-corrected chi connectivity index (χ0v) is 9.09. The van der Waals surface area contributed by atoms with Gasteiger partial charge in [0.15, 0.2) is 0 Å². The minimum absolute atomic E-state index is 0.539. The normalized spacial score (nSPS) is 12.1. The molecule has 0 amide bonds. The quantitative estimate of drug-likeness (QED) is 0.861. The molecule has 2 nitrogen and oxygen atoms in total. The van der Waals surface area contributed by atoms with Crippen LogP contribution in [-0.2, 0) is 12.7 Å². The van der Waals surface area contributed by atoms with Gasteiger partial charge < -0.3 is 10.6 Å². The van der Waals surface area contributed by atoms with Crippen molar-refractivity contribution in [1.29, 1.82) is 0 Å². The third-order valence-corrected chi connectivity index (χ3v) is 2.24. The van der Waals surface area contributed by atoms with E-state index in [0.29, 0.717) is 13.1 Å². The predicted octanol–water partition coefficient (Wildman–Crippen LogP) is 2.10. The van der Waals surface area contributed by atoms with E-state index in [0.717, 1.165) is 24.2 Å². The van der Waals surface area contributed by atoms with E-state index in [9.17, 15) is 13.2 Å². The topological polar surface area (TPSA) is 29.3 Å². The highest BCUT2D eigenvalue weighted by molar-refractivity contribution is 5.24. The molecular formula is C11H15F3N2. The lowest BCUT2D eigenvalue weighted by Crippen LogP contribution is -2.24. The molecule has 5 heteroatoms. The van der Waals surface area contributed by atoms with Gasteiger partial charge in [0.05, 0.1) is 5.56 Å². The van der Waals surface area contributed by atoms with E-state index in [1.807, 2.05) is 11.9 Å². The molecule has 0 aliphatic heterocycles. The molecule has 90 valence electrons. The van der Waals surface area contributed by atoms with Crippen molar-refractivity contribution in [3.63, 3.8) is 0 Å². The Balaban J connectivity index is 2.65. The van der Waals surface area contributed by atoms with E-state index >= 15 is 0 Å². The first-order valence-electron chi connectivity index (χ1n) is 4.98. The number of rotatable bonds is 4. The van der Waals surface area contributed by atoms with E-state index < -0.39 is 11.7 Å². The van der Waals surface area contributed by atoms with Gasteiger partial charge >= 0.3 is 6.18 Å². The summed E-state index contributed by atoms with van der Waals surface area (Å²) >= 11 is 0. The summed E-state index contributed by atoms with van der Waals surface area (Å²) in [5.41, 5.74) is 5.61. The summed E-state index contributed by atoms with van der Waals surface area (Å²) in [5.74, 6) is 0. The molecule has 0 atom stereocenters. The highest BCUT2D eigenvalue weighted by Gasteiger charge is 2.29. The maximum atomic E-state index is 12.3. The minimum Gasteiger partial charge on any atom is -0.329 e. The molecule has 0 heterocycles. The second-order valence-electron chi connectivity index (χ2n) is 3.72. The van der Waals surface area contributed by atoms with Gasteiger partial charge in [-0.15, -0.1) is 0 Å². The molecule has 2 N–H and O–H groups in total. The number of nitrogens with zero attached hydrogens (tertiary/aromatic N) is 1. The molecule has 1 rings (SSSR count). The summed E-state index contributed by atoms with van der Waals surface area (Å²) in [6.45, 7) is 1.87. The largest absolute Gasteiger partial charge is 0.416 e. The zero-order chi connectivity index (χ0) is 12.2. The number of alkyl halides is 3. The summed E-state index contributed by atoms with van der Waals surface area (Å²) in [5, 5.41) is 0. The predicted molar refractivity (Wildman–Crippen MR) is 56.8 cm³/mol. The van der Waals surface area contributed by atoms with E-state index in [1.54, 1.807) is 0 Å². The molecule has 1 aromatic rings. The standard InChI is InChI=1S/C11H15F3N2/c1-16(7-6-15)8-9-2-4-10(5-3-9)11(12,13)14/h2-5H,6-8,15H2,1H3. The van der Waals surface area contributed by atoms with E-state index in [4.69, 9.17) is 5.73 Å². The van der Waals surface area contributed by atoms with Crippen LogP contribution in [0.4, 0.5) is 13.2 Å². The Morgan fingerprint density at radius 3 is 2.19 bits per heavy atom. The number of benzene rings is 1. The van der Waals surface area contributed by atoms with Crippen LogP contribution >= 0.6 is 0 Å². The van der Waals surface area contributed by atoms with Crippen molar-refractivity contribution in [1.82, 2.24) is 4.90 Å². The molecule has 0 bridgehead atoms. The highest BCUT2D eigenvalue weighted by Crippen LogP contribution is 2.29. The average molecular weight is 232 g/mol. The van der Waals surface area contributed by atoms with Gasteiger partial charge in [-0.1, -0.05) is 12.1 Å². The average Bonchev–Trinajstić information content (AvgIpc) is 2.17. The van der Waals surface area contributed by atoms with Crippen molar-refractivity contribution in [2.75, 3.05) is 20.1 Å². The maximum absolute atomic E-state index is 12.3. The lowest BCUT2D eigenvalue weighted by atomic mass is 10.1. The van der Waals surface area contributed by atoms with Crippen LogP contribution in [0, 0.1) is 0 Å². The minimum atomic E-state index is -4.26. The van der Waals surface area contributed by atoms with E-state index in [2.05, 4.69) is 0 Å². The first-order valence-corrected chi connectivity index (χ1v) is 4.98. The second kappa shape index (κ2) is 5.32. The molecule has 0 aliphatic carbocycles. The van der Waals surface area contributed by atoms with Gasteiger partial charge in [0.25, 0.3) is 0 Å². The monoisotopic (exact) mass is 232 g/mol. The lowest BCUT2D eigenvalue weighted by Gasteiger charge is -2.15. The molecule has 16 heavy (non-hydrogen) atoms. The van der Waals surface area contributed by atoms with Crippen molar-refractivity contribution in [2.24, 2.45) is 5.73 Å². The Kier molecular flexibility index (Phi) is 4.32. The molecule has 0 radical (unpaired) electrons. The molecule has 1 aromatic carbocycles. The fourth-order valence-corrected chi connectivity index (χ4v) is 1.41. The first-order chi connectivity index (χ1) is 7.43.